The van der Waals surface area contributed by atoms with Crippen molar-refractivity contribution in [3.8, 4) is 5.75 Å². The summed E-state index contributed by atoms with van der Waals surface area (Å²) in [5, 5.41) is 9.32. The van der Waals surface area contributed by atoms with E-state index in [1.54, 1.807) is 14.0 Å². The molecule has 1 aromatic rings. The van der Waals surface area contributed by atoms with Crippen LogP contribution in [0.25, 0.3) is 0 Å². The van der Waals surface area contributed by atoms with Gasteiger partial charge in [-0.2, -0.15) is 0 Å². The van der Waals surface area contributed by atoms with Crippen LogP contribution in [0.2, 0.25) is 0 Å². The van der Waals surface area contributed by atoms with Gasteiger partial charge in [0.2, 0.25) is 0 Å². The van der Waals surface area contributed by atoms with Crippen LogP contribution in [0.5, 0.6) is 5.75 Å². The summed E-state index contributed by atoms with van der Waals surface area (Å²) in [6, 6.07) is 3.88. The van der Waals surface area contributed by atoms with Crippen LogP contribution in [0.4, 0.5) is 0 Å². The average molecular weight is 264 g/mol. The number of hydrogen-bond donors (Lipinski definition) is 1. The highest BCUT2D eigenvalue weighted by atomic mass is 16.5. The van der Waals surface area contributed by atoms with Gasteiger partial charge in [-0.25, -0.2) is 0 Å². The molecule has 0 aromatic heterocycles. The largest absolute Gasteiger partial charge is 0.496 e. The highest BCUT2D eigenvalue weighted by molar-refractivity contribution is 5.73. The molecule has 0 aliphatic carbocycles. The molecule has 1 aliphatic rings. The maximum absolute atomic E-state index is 11.4. The van der Waals surface area contributed by atoms with Crippen molar-refractivity contribution in [3.63, 3.8) is 0 Å². The zero-order valence-electron chi connectivity index (χ0n) is 11.8. The number of carboxylic acids is 1. The van der Waals surface area contributed by atoms with E-state index in [0.29, 0.717) is 13.2 Å². The number of carbonyl (C=O) groups is 1. The van der Waals surface area contributed by atoms with Crippen molar-refractivity contribution in [1.82, 2.24) is 0 Å². The molecule has 1 saturated heterocycles. The molecule has 0 amide bonds. The third-order valence-electron chi connectivity index (χ3n) is 4.41. The van der Waals surface area contributed by atoms with Crippen LogP contribution in [0, 0.1) is 19.8 Å². The molecule has 1 fully saturated rings. The Morgan fingerprint density at radius 3 is 2.42 bits per heavy atom. The van der Waals surface area contributed by atoms with Crippen LogP contribution in [0.1, 0.15) is 23.6 Å². The van der Waals surface area contributed by atoms with Gasteiger partial charge >= 0.3 is 5.97 Å². The van der Waals surface area contributed by atoms with Gasteiger partial charge < -0.3 is 14.6 Å². The Bertz CT molecular complexity index is 503. The van der Waals surface area contributed by atoms with Gasteiger partial charge in [-0.3, -0.25) is 4.79 Å². The summed E-state index contributed by atoms with van der Waals surface area (Å²) in [4.78, 5) is 11.4. The molecule has 0 saturated carbocycles. The van der Waals surface area contributed by atoms with E-state index in [2.05, 4.69) is 0 Å². The summed E-state index contributed by atoms with van der Waals surface area (Å²) in [5.41, 5.74) is 2.80. The summed E-state index contributed by atoms with van der Waals surface area (Å²) in [6.07, 6.45) is 0. The lowest BCUT2D eigenvalue weighted by molar-refractivity contribution is -0.155. The molecule has 1 aromatic carbocycles. The topological polar surface area (TPSA) is 55.8 Å². The first kappa shape index (κ1) is 13.9. The molecule has 4 heteroatoms. The Morgan fingerprint density at radius 2 is 2.00 bits per heavy atom. The van der Waals surface area contributed by atoms with Gasteiger partial charge in [0.05, 0.1) is 31.7 Å². The molecule has 1 atom stereocenters. The molecule has 1 N–H and O–H groups in total. The average Bonchev–Trinajstić information content (AvgIpc) is 2.33. The van der Waals surface area contributed by atoms with E-state index in [4.69, 9.17) is 9.47 Å². The minimum absolute atomic E-state index is 0.410. The fourth-order valence-corrected chi connectivity index (χ4v) is 2.75. The lowest BCUT2D eigenvalue weighted by Crippen LogP contribution is -2.54. The normalized spacial score (nSPS) is 18.5. The van der Waals surface area contributed by atoms with E-state index in [-0.39, 0.29) is 0 Å². The number of rotatable bonds is 4. The van der Waals surface area contributed by atoms with Crippen molar-refractivity contribution in [2.75, 3.05) is 20.3 Å². The van der Waals surface area contributed by atoms with Gasteiger partial charge in [0, 0.05) is 0 Å². The maximum Gasteiger partial charge on any atom is 0.307 e. The van der Waals surface area contributed by atoms with Crippen LogP contribution >= 0.6 is 0 Å². The Balaban J connectivity index is 2.51. The fourth-order valence-electron chi connectivity index (χ4n) is 2.75. The molecule has 1 aliphatic heterocycles. The monoisotopic (exact) mass is 264 g/mol. The second-order valence-electron chi connectivity index (χ2n) is 5.27. The Kier molecular flexibility index (Phi) is 3.54. The minimum atomic E-state index is -0.781. The molecular formula is C15H20O4. The zero-order valence-corrected chi connectivity index (χ0v) is 11.8. The Hall–Kier alpha value is -1.55. The first-order valence-electron chi connectivity index (χ1n) is 6.39. The fraction of sp³-hybridized carbons (Fsp3) is 0.533. The lowest BCUT2D eigenvalue weighted by Gasteiger charge is -2.45. The number of methoxy groups -OCH3 is 1. The van der Waals surface area contributed by atoms with E-state index in [9.17, 15) is 9.90 Å². The molecule has 0 bridgehead atoms. The first-order chi connectivity index (χ1) is 8.94. The summed E-state index contributed by atoms with van der Waals surface area (Å²) in [6.45, 7) is 6.70. The molecule has 4 nitrogen and oxygen atoms in total. The molecular weight excluding hydrogens is 244 g/mol. The molecule has 0 spiro atoms. The molecule has 0 radical (unpaired) electrons. The van der Waals surface area contributed by atoms with Gasteiger partial charge in [0.25, 0.3) is 0 Å². The molecule has 1 heterocycles. The van der Waals surface area contributed by atoms with E-state index in [0.717, 1.165) is 22.4 Å². The number of benzene rings is 1. The smallest absolute Gasteiger partial charge is 0.307 e. The van der Waals surface area contributed by atoms with E-state index >= 15 is 0 Å². The SMILES string of the molecule is COc1ccc(C2(C(C)C(=O)O)COC2)c(C)c1C. The van der Waals surface area contributed by atoms with Gasteiger partial charge in [-0.1, -0.05) is 13.0 Å². The van der Waals surface area contributed by atoms with Crippen molar-refractivity contribution < 1.29 is 19.4 Å². The number of hydrogen-bond acceptors (Lipinski definition) is 3. The highest BCUT2D eigenvalue weighted by Gasteiger charge is 2.49. The molecule has 19 heavy (non-hydrogen) atoms. The van der Waals surface area contributed by atoms with Crippen LogP contribution in [0.15, 0.2) is 12.1 Å². The molecule has 2 rings (SSSR count). The summed E-state index contributed by atoms with van der Waals surface area (Å²) >= 11 is 0. The van der Waals surface area contributed by atoms with E-state index < -0.39 is 17.3 Å². The number of carboxylic acid groups (broad SMARTS) is 1. The van der Waals surface area contributed by atoms with Crippen LogP contribution in [0.3, 0.4) is 0 Å². The predicted octanol–water partition coefficient (Wildman–Crippen LogP) is 2.30. The Labute approximate surface area is 113 Å². The van der Waals surface area contributed by atoms with Crippen LogP contribution < -0.4 is 4.74 Å². The summed E-state index contributed by atoms with van der Waals surface area (Å²) in [5.74, 6) is -0.413. The van der Waals surface area contributed by atoms with Crippen molar-refractivity contribution in [3.05, 3.63) is 28.8 Å². The minimum Gasteiger partial charge on any atom is -0.496 e. The van der Waals surface area contributed by atoms with Gasteiger partial charge in [-0.15, -0.1) is 0 Å². The summed E-state index contributed by atoms with van der Waals surface area (Å²) < 4.78 is 10.6. The quantitative estimate of drug-likeness (QED) is 0.906. The zero-order chi connectivity index (χ0) is 14.2. The van der Waals surface area contributed by atoms with Crippen molar-refractivity contribution in [2.45, 2.75) is 26.2 Å². The standard InChI is InChI=1S/C15H20O4/c1-9-10(2)13(18-4)6-5-12(9)15(7-19-8-15)11(3)14(16)17/h5-6,11H,7-8H2,1-4H3,(H,16,17). The number of ether oxygens (including phenoxy) is 2. The predicted molar refractivity (Wildman–Crippen MR) is 71.8 cm³/mol. The van der Waals surface area contributed by atoms with Crippen LogP contribution in [-0.4, -0.2) is 31.4 Å². The first-order valence-corrected chi connectivity index (χ1v) is 6.39. The third-order valence-corrected chi connectivity index (χ3v) is 4.41. The van der Waals surface area contributed by atoms with Crippen molar-refractivity contribution >= 4 is 5.97 Å². The van der Waals surface area contributed by atoms with E-state index in [1.165, 1.54) is 0 Å². The van der Waals surface area contributed by atoms with Crippen molar-refractivity contribution in [2.24, 2.45) is 5.92 Å². The van der Waals surface area contributed by atoms with Gasteiger partial charge in [-0.05, 0) is 36.6 Å². The van der Waals surface area contributed by atoms with Crippen molar-refractivity contribution in [1.29, 1.82) is 0 Å². The van der Waals surface area contributed by atoms with Gasteiger partial charge in [0.1, 0.15) is 5.75 Å². The maximum atomic E-state index is 11.4. The van der Waals surface area contributed by atoms with Gasteiger partial charge in [0.15, 0.2) is 0 Å². The second-order valence-corrected chi connectivity index (χ2v) is 5.27. The molecule has 104 valence electrons. The third kappa shape index (κ3) is 2.00. The Morgan fingerprint density at radius 1 is 1.37 bits per heavy atom. The second kappa shape index (κ2) is 4.85. The van der Waals surface area contributed by atoms with Crippen LogP contribution in [-0.2, 0) is 14.9 Å². The highest BCUT2D eigenvalue weighted by Crippen LogP contribution is 2.43. The summed E-state index contributed by atoms with van der Waals surface area (Å²) in [7, 11) is 1.64. The lowest BCUT2D eigenvalue weighted by atomic mass is 9.67. The number of aliphatic carboxylic acids is 1. The molecule has 1 unspecified atom stereocenters. The van der Waals surface area contributed by atoms with E-state index in [1.807, 2.05) is 26.0 Å².